The van der Waals surface area contributed by atoms with Crippen LogP contribution in [0.3, 0.4) is 0 Å². The minimum Gasteiger partial charge on any atom is -0.481 e. The van der Waals surface area contributed by atoms with Gasteiger partial charge in [-0.25, -0.2) is 8.42 Å². The minimum absolute atomic E-state index is 0.0104. The van der Waals surface area contributed by atoms with Crippen LogP contribution in [0.4, 0.5) is 0 Å². The molecule has 1 saturated heterocycles. The van der Waals surface area contributed by atoms with E-state index in [0.29, 0.717) is 12.2 Å². The van der Waals surface area contributed by atoms with Gasteiger partial charge in [-0.1, -0.05) is 12.5 Å². The average molecular weight is 339 g/mol. The van der Waals surface area contributed by atoms with Crippen LogP contribution in [0.15, 0.2) is 23.1 Å². The zero-order valence-corrected chi connectivity index (χ0v) is 13.2. The summed E-state index contributed by atoms with van der Waals surface area (Å²) in [7, 11) is -3.81. The van der Waals surface area contributed by atoms with Crippen molar-refractivity contribution in [2.24, 2.45) is 11.3 Å². The Bertz CT molecular complexity index is 776. The first-order valence-electron chi connectivity index (χ1n) is 7.57. The molecular weight excluding hydrogens is 322 g/mol. The molecule has 2 fully saturated rings. The molecule has 7 nitrogen and oxygen atoms in total. The van der Waals surface area contributed by atoms with E-state index < -0.39 is 21.4 Å². The van der Waals surface area contributed by atoms with Gasteiger partial charge in [-0.3, -0.25) is 4.79 Å². The van der Waals surface area contributed by atoms with Crippen LogP contribution in [0.2, 0.25) is 0 Å². The quantitative estimate of drug-likeness (QED) is 0.892. The van der Waals surface area contributed by atoms with Gasteiger partial charge in [0.1, 0.15) is 4.90 Å². The Balaban J connectivity index is 1.72. The number of para-hydroxylation sites is 1. The van der Waals surface area contributed by atoms with E-state index in [1.165, 1.54) is 10.4 Å². The molecule has 8 heteroatoms. The van der Waals surface area contributed by atoms with E-state index in [-0.39, 0.29) is 36.4 Å². The topological polar surface area (TPSA) is 93.1 Å². The third-order valence-electron chi connectivity index (χ3n) is 5.24. The van der Waals surface area contributed by atoms with Crippen LogP contribution in [0.1, 0.15) is 19.3 Å². The van der Waals surface area contributed by atoms with Crippen LogP contribution in [-0.2, 0) is 14.8 Å². The van der Waals surface area contributed by atoms with E-state index in [0.717, 1.165) is 12.8 Å². The SMILES string of the molecule is O=C(O)[C@@]12CCC[C@H]1CN(S(=O)(=O)c1cccc3c1OCO3)C2. The van der Waals surface area contributed by atoms with Crippen LogP contribution < -0.4 is 9.47 Å². The lowest BCUT2D eigenvalue weighted by atomic mass is 9.81. The second-order valence-electron chi connectivity index (χ2n) is 6.34. The van der Waals surface area contributed by atoms with Gasteiger partial charge in [-0.15, -0.1) is 0 Å². The fraction of sp³-hybridized carbons (Fsp3) is 0.533. The number of hydrogen-bond donors (Lipinski definition) is 1. The largest absolute Gasteiger partial charge is 0.481 e. The number of carboxylic acid groups (broad SMARTS) is 1. The van der Waals surface area contributed by atoms with E-state index in [2.05, 4.69) is 0 Å². The van der Waals surface area contributed by atoms with E-state index in [1.54, 1.807) is 12.1 Å². The fourth-order valence-electron chi connectivity index (χ4n) is 4.02. The van der Waals surface area contributed by atoms with E-state index in [4.69, 9.17) is 9.47 Å². The molecule has 124 valence electrons. The molecule has 2 aliphatic heterocycles. The lowest BCUT2D eigenvalue weighted by Crippen LogP contribution is -2.37. The van der Waals surface area contributed by atoms with Crippen molar-refractivity contribution in [2.75, 3.05) is 19.9 Å². The number of sulfonamides is 1. The van der Waals surface area contributed by atoms with Gasteiger partial charge >= 0.3 is 5.97 Å². The summed E-state index contributed by atoms with van der Waals surface area (Å²) in [5.41, 5.74) is -0.942. The molecule has 4 rings (SSSR count). The molecule has 1 N–H and O–H groups in total. The van der Waals surface area contributed by atoms with Crippen molar-refractivity contribution in [3.05, 3.63) is 18.2 Å². The van der Waals surface area contributed by atoms with Crippen LogP contribution >= 0.6 is 0 Å². The third-order valence-corrected chi connectivity index (χ3v) is 7.08. The second-order valence-corrected chi connectivity index (χ2v) is 8.24. The highest BCUT2D eigenvalue weighted by molar-refractivity contribution is 7.89. The van der Waals surface area contributed by atoms with Crippen LogP contribution in [0, 0.1) is 11.3 Å². The summed E-state index contributed by atoms with van der Waals surface area (Å²) >= 11 is 0. The molecule has 1 aromatic rings. The Morgan fingerprint density at radius 3 is 2.91 bits per heavy atom. The van der Waals surface area contributed by atoms with Crippen molar-refractivity contribution in [1.82, 2.24) is 4.31 Å². The number of hydrogen-bond acceptors (Lipinski definition) is 5. The molecule has 0 aromatic heterocycles. The molecular formula is C15H17NO6S. The first-order valence-corrected chi connectivity index (χ1v) is 9.01. The standard InChI is InChI=1S/C15H17NO6S/c17-14(18)15-6-2-3-10(15)7-16(8-15)23(19,20)12-5-1-4-11-13(12)22-9-21-11/h1,4-5,10H,2-3,6-9H2,(H,17,18)/t10-,15+/m0/s1. The second kappa shape index (κ2) is 4.85. The minimum atomic E-state index is -3.81. The predicted octanol–water partition coefficient (Wildman–Crippen LogP) is 1.29. The Labute approximate surface area is 133 Å². The smallest absolute Gasteiger partial charge is 0.311 e. The summed E-state index contributed by atoms with van der Waals surface area (Å²) in [6, 6.07) is 4.73. The summed E-state index contributed by atoms with van der Waals surface area (Å²) < 4.78 is 37.8. The summed E-state index contributed by atoms with van der Waals surface area (Å²) in [4.78, 5) is 11.8. The van der Waals surface area contributed by atoms with Crippen molar-refractivity contribution >= 4 is 16.0 Å². The van der Waals surface area contributed by atoms with Gasteiger partial charge in [0.2, 0.25) is 16.8 Å². The molecule has 2 atom stereocenters. The summed E-state index contributed by atoms with van der Waals surface area (Å²) in [6.07, 6.45) is 2.12. The summed E-state index contributed by atoms with van der Waals surface area (Å²) in [5.74, 6) is -0.397. The number of nitrogens with zero attached hydrogens (tertiary/aromatic N) is 1. The van der Waals surface area contributed by atoms with Gasteiger partial charge in [0.05, 0.1) is 5.41 Å². The first-order chi connectivity index (χ1) is 10.9. The maximum Gasteiger partial charge on any atom is 0.311 e. The highest BCUT2D eigenvalue weighted by Crippen LogP contribution is 2.51. The van der Waals surface area contributed by atoms with Crippen molar-refractivity contribution in [2.45, 2.75) is 24.2 Å². The van der Waals surface area contributed by atoms with Crippen LogP contribution in [-0.4, -0.2) is 43.7 Å². The number of rotatable bonds is 3. The average Bonchev–Trinajstić information content (AvgIpc) is 3.19. The van der Waals surface area contributed by atoms with Gasteiger partial charge in [0, 0.05) is 13.1 Å². The number of carboxylic acids is 1. The number of aliphatic carboxylic acids is 1. The molecule has 1 aliphatic carbocycles. The molecule has 0 unspecified atom stereocenters. The van der Waals surface area contributed by atoms with E-state index >= 15 is 0 Å². The number of ether oxygens (including phenoxy) is 2. The molecule has 0 spiro atoms. The van der Waals surface area contributed by atoms with Gasteiger partial charge in [0.25, 0.3) is 0 Å². The Kier molecular flexibility index (Phi) is 3.11. The van der Waals surface area contributed by atoms with Crippen molar-refractivity contribution < 1.29 is 27.8 Å². The van der Waals surface area contributed by atoms with Crippen molar-refractivity contribution in [3.63, 3.8) is 0 Å². The van der Waals surface area contributed by atoms with Crippen LogP contribution in [0.25, 0.3) is 0 Å². The van der Waals surface area contributed by atoms with Gasteiger partial charge in [-0.05, 0) is 30.9 Å². The maximum atomic E-state index is 13.0. The Hall–Kier alpha value is -1.80. The van der Waals surface area contributed by atoms with Crippen LogP contribution in [0.5, 0.6) is 11.5 Å². The molecule has 0 radical (unpaired) electrons. The van der Waals surface area contributed by atoms with Crippen molar-refractivity contribution in [3.8, 4) is 11.5 Å². The molecule has 0 amide bonds. The highest BCUT2D eigenvalue weighted by Gasteiger charge is 2.57. The molecule has 3 aliphatic rings. The van der Waals surface area contributed by atoms with Gasteiger partial charge in [0.15, 0.2) is 11.5 Å². The number of fused-ring (bicyclic) bond motifs is 2. The molecule has 1 saturated carbocycles. The molecule has 1 aromatic carbocycles. The van der Waals surface area contributed by atoms with E-state index in [1.807, 2.05) is 0 Å². The van der Waals surface area contributed by atoms with Gasteiger partial charge in [-0.2, -0.15) is 4.31 Å². The summed E-state index contributed by atoms with van der Waals surface area (Å²) in [5, 5.41) is 9.62. The molecule has 23 heavy (non-hydrogen) atoms. The normalized spacial score (nSPS) is 29.7. The lowest BCUT2D eigenvalue weighted by molar-refractivity contribution is -0.149. The molecule has 2 heterocycles. The third kappa shape index (κ3) is 1.98. The Morgan fingerprint density at radius 1 is 1.35 bits per heavy atom. The molecule has 0 bridgehead atoms. The predicted molar refractivity (Wildman–Crippen MR) is 78.7 cm³/mol. The van der Waals surface area contributed by atoms with E-state index in [9.17, 15) is 18.3 Å². The number of benzene rings is 1. The fourth-order valence-corrected chi connectivity index (χ4v) is 5.72. The first kappa shape index (κ1) is 14.8. The van der Waals surface area contributed by atoms with Gasteiger partial charge < -0.3 is 14.6 Å². The monoisotopic (exact) mass is 339 g/mol. The zero-order chi connectivity index (χ0) is 16.2. The zero-order valence-electron chi connectivity index (χ0n) is 12.4. The number of carbonyl (C=O) groups is 1. The lowest BCUT2D eigenvalue weighted by Gasteiger charge is -2.23. The maximum absolute atomic E-state index is 13.0. The highest BCUT2D eigenvalue weighted by atomic mass is 32.2. The summed E-state index contributed by atoms with van der Waals surface area (Å²) in [6.45, 7) is 0.266. The van der Waals surface area contributed by atoms with Crippen molar-refractivity contribution in [1.29, 1.82) is 0 Å². The Morgan fingerprint density at radius 2 is 2.17 bits per heavy atom.